The molecule has 0 aliphatic carbocycles. The summed E-state index contributed by atoms with van der Waals surface area (Å²) in [6, 6.07) is 28.6. The Kier molecular flexibility index (Phi) is 7.74. The van der Waals surface area contributed by atoms with Gasteiger partial charge in [0.2, 0.25) is 0 Å². The number of nitrogens with zero attached hydrogens (tertiary/aromatic N) is 3. The van der Waals surface area contributed by atoms with Gasteiger partial charge in [0.1, 0.15) is 11.6 Å². The number of hydrogen-bond donors (Lipinski definition) is 1. The Hall–Kier alpha value is -6.26. The maximum absolute atomic E-state index is 12.6. The van der Waals surface area contributed by atoms with Crippen LogP contribution in [0.1, 0.15) is 152 Å². The molecule has 338 valence electrons. The molecule has 0 bridgehead atoms. The van der Waals surface area contributed by atoms with Crippen LogP contribution >= 0.6 is 0 Å². The number of para-hydroxylation sites is 1. The molecule has 0 saturated heterocycles. The number of benzene rings is 6. The van der Waals surface area contributed by atoms with E-state index < -0.39 is 84.3 Å². The Morgan fingerprint density at radius 1 is 0.485 bits per heavy atom. The molecule has 8 rings (SSSR count). The molecule has 2 aromatic heterocycles. The number of imidazole rings is 1. The summed E-state index contributed by atoms with van der Waals surface area (Å²) in [6.07, 6.45) is -0.614. The van der Waals surface area contributed by atoms with E-state index in [1.54, 1.807) is 0 Å². The van der Waals surface area contributed by atoms with Gasteiger partial charge in [0.05, 0.1) is 36.2 Å². The van der Waals surface area contributed by atoms with Crippen molar-refractivity contribution in [2.45, 2.75) is 131 Å². The third-order valence-electron chi connectivity index (χ3n) is 12.2. The van der Waals surface area contributed by atoms with Crippen LogP contribution in [0.2, 0.25) is 0 Å². The van der Waals surface area contributed by atoms with E-state index in [1.807, 2.05) is 81.4 Å². The zero-order valence-electron chi connectivity index (χ0n) is 55.1. The number of pyridine rings is 1. The number of phenolic OH excluding ortho intramolecular Hbond substituents is 1. The number of phenols is 1. The van der Waals surface area contributed by atoms with Crippen molar-refractivity contribution in [3.63, 3.8) is 0 Å². The maximum atomic E-state index is 12.6. The van der Waals surface area contributed by atoms with Gasteiger partial charge in [-0.25, -0.2) is 4.98 Å². The maximum Gasteiger partial charge on any atom is 0.149 e. The minimum atomic E-state index is -3.88. The molecule has 1 N–H and O–H groups in total. The fraction of sp³-hybridized carbons (Fsp3) is 0.323. The molecular weight excluding hydrogens is 803 g/mol. The van der Waals surface area contributed by atoms with Gasteiger partial charge in [0.25, 0.3) is 0 Å². The second-order valence-corrected chi connectivity index (χ2v) is 21.6. The van der Waals surface area contributed by atoms with Crippen LogP contribution in [0.4, 0.5) is 0 Å². The van der Waals surface area contributed by atoms with Crippen molar-refractivity contribution in [2.75, 3.05) is 0 Å². The molecule has 4 heteroatoms. The second-order valence-electron chi connectivity index (χ2n) is 21.6. The molecule has 8 aromatic rings. The molecule has 0 saturated carbocycles. The van der Waals surface area contributed by atoms with Gasteiger partial charge in [-0.15, -0.1) is 0 Å². The molecule has 6 aromatic carbocycles. The number of rotatable bonds is 6. The van der Waals surface area contributed by atoms with Crippen molar-refractivity contribution in [1.82, 2.24) is 14.5 Å². The second kappa shape index (κ2) is 16.6. The molecular formula is C62H69N3O. The van der Waals surface area contributed by atoms with Gasteiger partial charge in [0.15, 0.2) is 0 Å². The predicted molar refractivity (Wildman–Crippen MR) is 281 cm³/mol. The largest absolute Gasteiger partial charge is 0.507 e. The van der Waals surface area contributed by atoms with Crippen LogP contribution in [-0.2, 0) is 27.1 Å². The first-order chi connectivity index (χ1) is 37.0. The third kappa shape index (κ3) is 9.12. The van der Waals surface area contributed by atoms with Crippen molar-refractivity contribution < 1.29 is 25.7 Å². The molecule has 0 atom stereocenters. The Morgan fingerprint density at radius 3 is 1.76 bits per heavy atom. The van der Waals surface area contributed by atoms with Gasteiger partial charge in [-0.3, -0.25) is 9.55 Å². The molecule has 2 heterocycles. The van der Waals surface area contributed by atoms with E-state index in [9.17, 15) is 7.85 Å². The molecule has 66 heavy (non-hydrogen) atoms. The molecule has 0 aliphatic rings. The summed E-state index contributed by atoms with van der Waals surface area (Å²) >= 11 is 0. The molecule has 0 fully saturated rings. The first kappa shape index (κ1) is 30.9. The molecule has 0 spiro atoms. The highest BCUT2D eigenvalue weighted by molar-refractivity contribution is 5.98. The highest BCUT2D eigenvalue weighted by atomic mass is 16.3. The smallest absolute Gasteiger partial charge is 0.149 e. The van der Waals surface area contributed by atoms with Crippen LogP contribution in [0.3, 0.4) is 0 Å². The van der Waals surface area contributed by atoms with Gasteiger partial charge in [0, 0.05) is 40.8 Å². The van der Waals surface area contributed by atoms with Gasteiger partial charge < -0.3 is 5.11 Å². The van der Waals surface area contributed by atoms with E-state index in [0.29, 0.717) is 33.6 Å². The number of fused-ring (bicyclic) bond motifs is 1. The van der Waals surface area contributed by atoms with E-state index >= 15 is 0 Å². The number of aromatic hydroxyl groups is 1. The molecule has 0 radical (unpaired) electrons. The van der Waals surface area contributed by atoms with Crippen LogP contribution in [0, 0.1) is 0 Å². The van der Waals surface area contributed by atoms with Crippen molar-refractivity contribution >= 4 is 11.0 Å². The lowest BCUT2D eigenvalue weighted by atomic mass is 9.79. The van der Waals surface area contributed by atoms with Gasteiger partial charge >= 0.3 is 0 Å². The summed E-state index contributed by atoms with van der Waals surface area (Å²) < 4.78 is 131. The van der Waals surface area contributed by atoms with Crippen LogP contribution in [0.15, 0.2) is 140 Å². The monoisotopic (exact) mass is 887 g/mol. The lowest BCUT2D eigenvalue weighted by molar-refractivity contribution is 0.446. The summed E-state index contributed by atoms with van der Waals surface area (Å²) in [7, 11) is 0. The average Bonchev–Trinajstić information content (AvgIpc) is 3.75. The molecule has 0 unspecified atom stereocenters. The van der Waals surface area contributed by atoms with Crippen LogP contribution < -0.4 is 0 Å². The first-order valence-corrected chi connectivity index (χ1v) is 22.4. The highest BCUT2D eigenvalue weighted by Crippen LogP contribution is 2.46. The van der Waals surface area contributed by atoms with Crippen LogP contribution in [0.25, 0.3) is 72.7 Å². The normalized spacial score (nSPS) is 16.7. The van der Waals surface area contributed by atoms with Crippen molar-refractivity contribution in [3.05, 3.63) is 167 Å². The van der Waals surface area contributed by atoms with E-state index in [2.05, 4.69) is 108 Å². The highest BCUT2D eigenvalue weighted by Gasteiger charge is 2.30. The lowest BCUT2D eigenvalue weighted by Gasteiger charge is -2.28. The minimum absolute atomic E-state index is 0.0876. The van der Waals surface area contributed by atoms with Crippen molar-refractivity contribution in [1.29, 1.82) is 0 Å². The zero-order chi connectivity index (χ0) is 60.4. The zero-order valence-corrected chi connectivity index (χ0v) is 40.1. The Bertz CT molecular complexity index is 3720. The van der Waals surface area contributed by atoms with E-state index in [1.165, 1.54) is 6.07 Å². The third-order valence-corrected chi connectivity index (χ3v) is 12.2. The standard InChI is InChI=1S/C62H69N3O/c1-58(2,3)44-26-24-39(25-27-44)41-30-31-63-52(35-41)43-32-42(33-46(34-43)60(7,8)9)48-22-19-23-54-55(48)64-57(50-37-47(61(10,11)12)38-51(56(50)66)62(13,14)15)65(54)53-29-28-45(59(4,5)6)36-49(53)40-20-17-16-18-21-40/h16-38,66H,1-15H3/i1D3,2D3,3D3,24D,25D,26D,27D,30D,31D. The topological polar surface area (TPSA) is 50.9 Å². The fourth-order valence-electron chi connectivity index (χ4n) is 8.25. The minimum Gasteiger partial charge on any atom is -0.507 e. The molecule has 0 amide bonds. The summed E-state index contributed by atoms with van der Waals surface area (Å²) in [5.74, 6) is 0.599. The summed E-state index contributed by atoms with van der Waals surface area (Å²) in [6.45, 7) is 13.6. The van der Waals surface area contributed by atoms with Crippen molar-refractivity contribution in [3.8, 4) is 67.5 Å². The summed E-state index contributed by atoms with van der Waals surface area (Å²) in [5.41, 5.74) is 2.57. The van der Waals surface area contributed by atoms with Gasteiger partial charge in [-0.05, 0) is 120 Å². The van der Waals surface area contributed by atoms with E-state index in [4.69, 9.17) is 22.8 Å². The van der Waals surface area contributed by atoms with Crippen molar-refractivity contribution in [2.24, 2.45) is 0 Å². The van der Waals surface area contributed by atoms with Gasteiger partial charge in [-0.2, -0.15) is 0 Å². The molecule has 0 aliphatic heterocycles. The number of aromatic nitrogens is 3. The first-order valence-electron chi connectivity index (χ1n) is 29.9. The van der Waals surface area contributed by atoms with Crippen LogP contribution in [0.5, 0.6) is 5.75 Å². The number of hydrogen-bond acceptors (Lipinski definition) is 3. The fourth-order valence-corrected chi connectivity index (χ4v) is 8.25. The Balaban J connectivity index is 1.45. The quantitative estimate of drug-likeness (QED) is 0.181. The van der Waals surface area contributed by atoms with Gasteiger partial charge in [-0.1, -0.05) is 188 Å². The van der Waals surface area contributed by atoms with E-state index in [0.717, 1.165) is 44.6 Å². The average molecular weight is 887 g/mol. The van der Waals surface area contributed by atoms with Crippen LogP contribution in [-0.4, -0.2) is 19.6 Å². The molecule has 4 nitrogen and oxygen atoms in total. The lowest BCUT2D eigenvalue weighted by Crippen LogP contribution is -2.17. The summed E-state index contributed by atoms with van der Waals surface area (Å²) in [4.78, 5) is 10.1. The Morgan fingerprint density at radius 2 is 1.12 bits per heavy atom. The predicted octanol–water partition coefficient (Wildman–Crippen LogP) is 16.9. The SMILES string of the molecule is [2H]c1nc(-c2cc(-c3cccc4c3nc(-c3cc(C(C)(C)C)cc(C(C)(C)C)c3O)n4-c3ccc(C(C)(C)C)cc3-c3ccccc3)cc(C(C)(C)C)c2)cc(-c2c([2H])c([2H])c(C(C([2H])([2H])[2H])(C([2H])([2H])[2H])C([2H])([2H])[2H])c([2H])c2[2H])c1[2H]. The summed E-state index contributed by atoms with van der Waals surface area (Å²) in [5, 5.41) is 12.6. The Labute approximate surface area is 415 Å². The van der Waals surface area contributed by atoms with E-state index in [-0.39, 0.29) is 27.8 Å².